The van der Waals surface area contributed by atoms with Crippen LogP contribution in [0.15, 0.2) is 71.6 Å². The fourth-order valence-electron chi connectivity index (χ4n) is 3.14. The largest absolute Gasteiger partial charge is 0.457 e. The highest BCUT2D eigenvalue weighted by Gasteiger charge is 2.22. The Morgan fingerprint density at radius 2 is 1.61 bits per heavy atom. The number of benzene rings is 3. The minimum absolute atomic E-state index is 0.0933. The van der Waals surface area contributed by atoms with Gasteiger partial charge in [0.05, 0.1) is 10.5 Å². The van der Waals surface area contributed by atoms with Gasteiger partial charge < -0.3 is 4.74 Å². The number of carbonyl (C=O) groups excluding carboxylic acids is 1. The van der Waals surface area contributed by atoms with Gasteiger partial charge in [0.15, 0.2) is 0 Å². The summed E-state index contributed by atoms with van der Waals surface area (Å²) in [6, 6.07) is 19.7. The summed E-state index contributed by atoms with van der Waals surface area (Å²) in [7, 11) is -3.63. The molecule has 0 bridgehead atoms. The summed E-state index contributed by atoms with van der Waals surface area (Å²) in [5.74, 6) is -0.551. The molecule has 0 spiro atoms. The van der Waals surface area contributed by atoms with Gasteiger partial charge in [0, 0.05) is 13.1 Å². The Balaban J connectivity index is 1.80. The second-order valence-corrected chi connectivity index (χ2v) is 8.27. The molecule has 28 heavy (non-hydrogen) atoms. The van der Waals surface area contributed by atoms with E-state index in [4.69, 9.17) is 4.74 Å². The first kappa shape index (κ1) is 20.0. The zero-order chi connectivity index (χ0) is 20.1. The normalized spacial score (nSPS) is 11.7. The Hall–Kier alpha value is -2.70. The number of carbonyl (C=O) groups is 1. The molecule has 0 fully saturated rings. The molecule has 0 unspecified atom stereocenters. The summed E-state index contributed by atoms with van der Waals surface area (Å²) < 4.78 is 32.1. The van der Waals surface area contributed by atoms with Crippen molar-refractivity contribution in [1.82, 2.24) is 4.31 Å². The first-order valence-corrected chi connectivity index (χ1v) is 10.6. The van der Waals surface area contributed by atoms with Gasteiger partial charge in [-0.05, 0) is 34.5 Å². The Kier molecular flexibility index (Phi) is 6.11. The molecule has 6 heteroatoms. The van der Waals surface area contributed by atoms with E-state index in [-0.39, 0.29) is 17.1 Å². The molecule has 0 amide bonds. The number of ether oxygens (including phenoxy) is 1. The zero-order valence-electron chi connectivity index (χ0n) is 16.0. The van der Waals surface area contributed by atoms with E-state index < -0.39 is 16.0 Å². The van der Waals surface area contributed by atoms with Crippen LogP contribution in [0.5, 0.6) is 0 Å². The number of hydrogen-bond donors (Lipinski definition) is 0. The minimum atomic E-state index is -3.63. The smallest absolute Gasteiger partial charge is 0.338 e. The van der Waals surface area contributed by atoms with Crippen molar-refractivity contribution in [3.63, 3.8) is 0 Å². The van der Waals surface area contributed by atoms with Crippen LogP contribution in [0.4, 0.5) is 0 Å². The molecule has 0 aliphatic carbocycles. The molecule has 146 valence electrons. The van der Waals surface area contributed by atoms with Gasteiger partial charge in [0.2, 0.25) is 10.0 Å². The summed E-state index contributed by atoms with van der Waals surface area (Å²) in [6.07, 6.45) is 0. The van der Waals surface area contributed by atoms with Crippen LogP contribution < -0.4 is 0 Å². The highest BCUT2D eigenvalue weighted by atomic mass is 32.2. The molecule has 0 atom stereocenters. The van der Waals surface area contributed by atoms with Crippen molar-refractivity contribution in [1.29, 1.82) is 0 Å². The standard InChI is InChI=1S/C22H23NO4S/c1-3-23(4-2)28(25,26)20-13-8-11-18(15-20)22(24)27-16-19-12-7-10-17-9-5-6-14-21(17)19/h5-15H,3-4,16H2,1-2H3. The van der Waals surface area contributed by atoms with E-state index >= 15 is 0 Å². The second-order valence-electron chi connectivity index (χ2n) is 6.33. The molecule has 0 saturated carbocycles. The molecule has 0 heterocycles. The van der Waals surface area contributed by atoms with Crippen LogP contribution in [-0.4, -0.2) is 31.8 Å². The maximum absolute atomic E-state index is 12.7. The van der Waals surface area contributed by atoms with Crippen molar-refractivity contribution in [3.8, 4) is 0 Å². The van der Waals surface area contributed by atoms with Gasteiger partial charge in [-0.1, -0.05) is 62.4 Å². The summed E-state index contributed by atoms with van der Waals surface area (Å²) in [6.45, 7) is 4.42. The highest BCUT2D eigenvalue weighted by molar-refractivity contribution is 7.89. The van der Waals surface area contributed by atoms with Crippen LogP contribution in [0.3, 0.4) is 0 Å². The van der Waals surface area contributed by atoms with Gasteiger partial charge in [0.25, 0.3) is 0 Å². The molecule has 0 saturated heterocycles. The Morgan fingerprint density at radius 3 is 2.36 bits per heavy atom. The molecule has 0 radical (unpaired) electrons. The predicted molar refractivity (Wildman–Crippen MR) is 110 cm³/mol. The fourth-order valence-corrected chi connectivity index (χ4v) is 4.65. The second kappa shape index (κ2) is 8.54. The SMILES string of the molecule is CCN(CC)S(=O)(=O)c1cccc(C(=O)OCc2cccc3ccccc23)c1. The van der Waals surface area contributed by atoms with Crippen molar-refractivity contribution >= 4 is 26.8 Å². The molecule has 3 aromatic carbocycles. The lowest BCUT2D eigenvalue weighted by molar-refractivity contribution is 0.0474. The first-order chi connectivity index (χ1) is 13.5. The lowest BCUT2D eigenvalue weighted by atomic mass is 10.1. The van der Waals surface area contributed by atoms with Crippen LogP contribution in [0.2, 0.25) is 0 Å². The average Bonchev–Trinajstić information content (AvgIpc) is 2.72. The monoisotopic (exact) mass is 397 g/mol. The number of rotatable bonds is 7. The van der Waals surface area contributed by atoms with E-state index in [0.717, 1.165) is 16.3 Å². The third kappa shape index (κ3) is 4.08. The minimum Gasteiger partial charge on any atom is -0.457 e. The van der Waals surface area contributed by atoms with Gasteiger partial charge >= 0.3 is 5.97 Å². The molecular weight excluding hydrogens is 374 g/mol. The summed E-state index contributed by atoms with van der Waals surface area (Å²) in [5, 5.41) is 2.10. The van der Waals surface area contributed by atoms with E-state index in [9.17, 15) is 13.2 Å². The molecule has 0 aliphatic rings. The van der Waals surface area contributed by atoms with Crippen LogP contribution in [0.1, 0.15) is 29.8 Å². The molecule has 3 aromatic rings. The summed E-state index contributed by atoms with van der Waals surface area (Å²) in [4.78, 5) is 12.6. The van der Waals surface area contributed by atoms with Gasteiger partial charge in [-0.25, -0.2) is 13.2 Å². The van der Waals surface area contributed by atoms with Crippen molar-refractivity contribution in [3.05, 3.63) is 77.9 Å². The zero-order valence-corrected chi connectivity index (χ0v) is 16.8. The lowest BCUT2D eigenvalue weighted by Gasteiger charge is -2.18. The Bertz CT molecular complexity index is 1080. The van der Waals surface area contributed by atoms with E-state index in [1.165, 1.54) is 16.4 Å². The van der Waals surface area contributed by atoms with Crippen molar-refractivity contribution in [2.75, 3.05) is 13.1 Å². The Morgan fingerprint density at radius 1 is 0.929 bits per heavy atom. The van der Waals surface area contributed by atoms with Crippen molar-refractivity contribution in [2.24, 2.45) is 0 Å². The topological polar surface area (TPSA) is 63.7 Å². The molecule has 0 N–H and O–H groups in total. The van der Waals surface area contributed by atoms with Crippen LogP contribution in [-0.2, 0) is 21.4 Å². The Labute approximate surface area is 165 Å². The highest BCUT2D eigenvalue weighted by Crippen LogP contribution is 2.21. The van der Waals surface area contributed by atoms with E-state index in [2.05, 4.69) is 0 Å². The predicted octanol–water partition coefficient (Wildman–Crippen LogP) is 4.23. The quantitative estimate of drug-likeness (QED) is 0.560. The third-order valence-electron chi connectivity index (χ3n) is 4.65. The fraction of sp³-hybridized carbons (Fsp3) is 0.227. The van der Waals surface area contributed by atoms with Crippen LogP contribution in [0, 0.1) is 0 Å². The van der Waals surface area contributed by atoms with Gasteiger partial charge in [-0.2, -0.15) is 4.31 Å². The van der Waals surface area contributed by atoms with E-state index in [1.807, 2.05) is 42.5 Å². The van der Waals surface area contributed by atoms with Crippen LogP contribution in [0.25, 0.3) is 10.8 Å². The van der Waals surface area contributed by atoms with E-state index in [0.29, 0.717) is 13.1 Å². The molecular formula is C22H23NO4S. The number of hydrogen-bond acceptors (Lipinski definition) is 4. The van der Waals surface area contributed by atoms with Gasteiger partial charge in [0.1, 0.15) is 6.61 Å². The van der Waals surface area contributed by atoms with E-state index in [1.54, 1.807) is 26.0 Å². The van der Waals surface area contributed by atoms with Crippen molar-refractivity contribution in [2.45, 2.75) is 25.3 Å². The maximum Gasteiger partial charge on any atom is 0.338 e. The van der Waals surface area contributed by atoms with Gasteiger partial charge in [-0.3, -0.25) is 0 Å². The maximum atomic E-state index is 12.7. The molecule has 5 nitrogen and oxygen atoms in total. The molecule has 3 rings (SSSR count). The number of fused-ring (bicyclic) bond motifs is 1. The summed E-state index contributed by atoms with van der Waals surface area (Å²) in [5.41, 5.74) is 1.12. The van der Waals surface area contributed by atoms with Gasteiger partial charge in [-0.15, -0.1) is 0 Å². The first-order valence-electron chi connectivity index (χ1n) is 9.21. The third-order valence-corrected chi connectivity index (χ3v) is 6.70. The average molecular weight is 397 g/mol. The lowest BCUT2D eigenvalue weighted by Crippen LogP contribution is -2.30. The van der Waals surface area contributed by atoms with Crippen LogP contribution >= 0.6 is 0 Å². The van der Waals surface area contributed by atoms with Crippen molar-refractivity contribution < 1.29 is 17.9 Å². The number of esters is 1. The number of sulfonamides is 1. The molecule has 0 aromatic heterocycles. The molecule has 0 aliphatic heterocycles. The number of nitrogens with zero attached hydrogens (tertiary/aromatic N) is 1. The summed E-state index contributed by atoms with van der Waals surface area (Å²) >= 11 is 0.